The van der Waals surface area contributed by atoms with Crippen LogP contribution in [0.3, 0.4) is 0 Å². The van der Waals surface area contributed by atoms with Crippen molar-refractivity contribution >= 4 is 56.0 Å². The van der Waals surface area contributed by atoms with Crippen LogP contribution in [0.15, 0.2) is 48.5 Å². The molecular weight excluding hydrogens is 809 g/mol. The smallest absolute Gasteiger partial charge is 0.410 e. The van der Waals surface area contributed by atoms with Crippen molar-refractivity contribution in [3.8, 4) is 0 Å². The van der Waals surface area contributed by atoms with Gasteiger partial charge in [0.05, 0.1) is 66.9 Å². The summed E-state index contributed by atoms with van der Waals surface area (Å²) in [7, 11) is -3.42. The van der Waals surface area contributed by atoms with Crippen LogP contribution >= 0.6 is 0 Å². The molecule has 0 atom stereocenters. The first-order valence-electron chi connectivity index (χ1n) is 20.7. The molecule has 0 aliphatic carbocycles. The molecule has 4 aromatic rings. The molecule has 2 aliphatic heterocycles. The summed E-state index contributed by atoms with van der Waals surface area (Å²) in [5.74, 6) is -0.496. The van der Waals surface area contributed by atoms with Gasteiger partial charge in [0.2, 0.25) is 0 Å². The number of H-pyrrole nitrogens is 1. The first kappa shape index (κ1) is 48.4. The molecule has 2 aromatic carbocycles. The van der Waals surface area contributed by atoms with Crippen LogP contribution in [0.5, 0.6) is 0 Å². The number of rotatable bonds is 9. The van der Waals surface area contributed by atoms with Gasteiger partial charge in [-0.1, -0.05) is 36.4 Å². The Morgan fingerprint density at radius 1 is 0.721 bits per heavy atom. The van der Waals surface area contributed by atoms with Gasteiger partial charge in [-0.2, -0.15) is 18.6 Å². The molecular formula is C43H62N6O11S. The molecule has 0 bridgehead atoms. The second-order valence-corrected chi connectivity index (χ2v) is 18.4. The third-order valence-electron chi connectivity index (χ3n) is 9.34. The highest BCUT2D eigenvalue weighted by Crippen LogP contribution is 2.29. The number of para-hydroxylation sites is 2. The van der Waals surface area contributed by atoms with Crippen LogP contribution in [0, 0.1) is 0 Å². The fraction of sp³-hybridized carbons (Fsp3) is 0.581. The maximum atomic E-state index is 12.3. The van der Waals surface area contributed by atoms with Gasteiger partial charge >= 0.3 is 24.1 Å². The average molecular weight is 871 g/mol. The summed E-state index contributed by atoms with van der Waals surface area (Å²) >= 11 is 0. The van der Waals surface area contributed by atoms with Gasteiger partial charge < -0.3 is 28.7 Å². The number of carbonyl (C=O) groups is 4. The zero-order valence-electron chi connectivity index (χ0n) is 36.9. The molecule has 1 N–H and O–H groups in total. The Morgan fingerprint density at radius 3 is 1.74 bits per heavy atom. The van der Waals surface area contributed by atoms with Crippen molar-refractivity contribution < 1.29 is 50.7 Å². The van der Waals surface area contributed by atoms with E-state index < -0.39 is 21.3 Å². The van der Waals surface area contributed by atoms with Crippen LogP contribution in [0.25, 0.3) is 21.8 Å². The standard InChI is InChI=1S/C21H29N3O4.C11H12N2O2.C11H21NO5S/c1-5-27-19(25)14-17-16-8-6-7-9-18(16)24(22-17)15-10-12-23(13-11-15)20(26)28-21(2,3)4;1-2-15-11(14)7-10-8-5-3-4-6-9(8)12-13-10;1-11(2,3)16-10(13)12-7-5-9(6-8-12)17-18(4,14)15/h6-9,15H,5,10-14H2,1-4H3;3-6H,2,7H2,1H3,(H,12,13);9H,5-8H2,1-4H3. The maximum Gasteiger partial charge on any atom is 0.410 e. The fourth-order valence-corrected chi connectivity index (χ4v) is 7.43. The predicted octanol–water partition coefficient (Wildman–Crippen LogP) is 6.74. The van der Waals surface area contributed by atoms with Crippen LogP contribution in [-0.2, 0) is 55.7 Å². The highest BCUT2D eigenvalue weighted by atomic mass is 32.2. The van der Waals surface area contributed by atoms with E-state index in [2.05, 4.69) is 10.2 Å². The minimum absolute atomic E-state index is 0.165. The van der Waals surface area contributed by atoms with Crippen molar-refractivity contribution in [2.24, 2.45) is 0 Å². The second-order valence-electron chi connectivity index (χ2n) is 16.8. The largest absolute Gasteiger partial charge is 0.466 e. The second kappa shape index (κ2) is 21.5. The van der Waals surface area contributed by atoms with E-state index in [1.54, 1.807) is 23.6 Å². The average Bonchev–Trinajstić information content (AvgIpc) is 3.75. The predicted molar refractivity (Wildman–Crippen MR) is 229 cm³/mol. The molecule has 2 amide bonds. The van der Waals surface area contributed by atoms with Gasteiger partial charge in [0.1, 0.15) is 11.2 Å². The summed E-state index contributed by atoms with van der Waals surface area (Å²) in [6.07, 6.45) is 3.09. The first-order chi connectivity index (χ1) is 28.7. The van der Waals surface area contributed by atoms with Gasteiger partial charge in [-0.25, -0.2) is 9.59 Å². The summed E-state index contributed by atoms with van der Waals surface area (Å²) in [6, 6.07) is 15.8. The van der Waals surface area contributed by atoms with E-state index in [4.69, 9.17) is 28.2 Å². The third kappa shape index (κ3) is 15.6. The van der Waals surface area contributed by atoms with Gasteiger partial charge in [-0.05, 0) is 93.2 Å². The van der Waals surface area contributed by atoms with Gasteiger partial charge in [0, 0.05) is 37.0 Å². The maximum absolute atomic E-state index is 12.3. The van der Waals surface area contributed by atoms with Crippen LogP contribution in [-0.4, -0.2) is 125 Å². The molecule has 61 heavy (non-hydrogen) atoms. The molecule has 6 rings (SSSR count). The van der Waals surface area contributed by atoms with Gasteiger partial charge in [-0.15, -0.1) is 0 Å². The highest BCUT2D eigenvalue weighted by Gasteiger charge is 2.30. The first-order valence-corrected chi connectivity index (χ1v) is 22.5. The topological polar surface area (TPSA) is 202 Å². The lowest BCUT2D eigenvalue weighted by atomic mass is 10.1. The molecule has 0 unspecified atom stereocenters. The summed E-state index contributed by atoms with van der Waals surface area (Å²) in [4.78, 5) is 50.6. The normalized spacial score (nSPS) is 15.3. The number of nitrogens with zero attached hydrogens (tertiary/aromatic N) is 5. The summed E-state index contributed by atoms with van der Waals surface area (Å²) in [5, 5.41) is 13.7. The van der Waals surface area contributed by atoms with Crippen LogP contribution < -0.4 is 0 Å². The van der Waals surface area contributed by atoms with Crippen molar-refractivity contribution in [2.75, 3.05) is 45.6 Å². The Labute approximate surface area is 358 Å². The molecule has 18 heteroatoms. The number of hydrogen-bond donors (Lipinski definition) is 1. The van der Waals surface area contributed by atoms with Crippen molar-refractivity contribution in [1.82, 2.24) is 29.8 Å². The zero-order valence-corrected chi connectivity index (χ0v) is 37.7. The van der Waals surface area contributed by atoms with Gasteiger partial charge in [-0.3, -0.25) is 23.6 Å². The number of amides is 2. The number of fused-ring (bicyclic) bond motifs is 2. The lowest BCUT2D eigenvalue weighted by Gasteiger charge is -2.33. The minimum Gasteiger partial charge on any atom is -0.466 e. The van der Waals surface area contributed by atoms with Crippen molar-refractivity contribution in [2.45, 2.75) is 117 Å². The Balaban J connectivity index is 0.000000214. The highest BCUT2D eigenvalue weighted by molar-refractivity contribution is 7.86. The number of nitrogens with one attached hydrogen (secondary N) is 1. The quantitative estimate of drug-likeness (QED) is 0.105. The summed E-state index contributed by atoms with van der Waals surface area (Å²) in [5.41, 5.74) is 2.42. The van der Waals surface area contributed by atoms with E-state index >= 15 is 0 Å². The van der Waals surface area contributed by atoms with Crippen molar-refractivity contribution in [1.29, 1.82) is 0 Å². The van der Waals surface area contributed by atoms with Crippen molar-refractivity contribution in [3.63, 3.8) is 0 Å². The number of aromatic nitrogens is 4. The number of likely N-dealkylation sites (tertiary alicyclic amines) is 2. The molecule has 0 saturated carbocycles. The minimum atomic E-state index is -3.42. The van der Waals surface area contributed by atoms with E-state index in [1.807, 2.05) is 94.8 Å². The molecule has 17 nitrogen and oxygen atoms in total. The third-order valence-corrected chi connectivity index (χ3v) is 9.96. The number of esters is 2. The molecule has 2 aliphatic rings. The van der Waals surface area contributed by atoms with E-state index in [0.717, 1.165) is 52.3 Å². The van der Waals surface area contributed by atoms with E-state index in [0.29, 0.717) is 52.2 Å². The molecule has 336 valence electrons. The number of benzene rings is 2. The van der Waals surface area contributed by atoms with E-state index in [9.17, 15) is 27.6 Å². The molecule has 4 heterocycles. The van der Waals surface area contributed by atoms with Crippen molar-refractivity contribution in [3.05, 3.63) is 59.9 Å². The van der Waals surface area contributed by atoms with E-state index in [-0.39, 0.29) is 49.1 Å². The lowest BCUT2D eigenvalue weighted by Crippen LogP contribution is -2.43. The van der Waals surface area contributed by atoms with Gasteiger partial charge in [0.25, 0.3) is 10.1 Å². The van der Waals surface area contributed by atoms with Crippen LogP contribution in [0.1, 0.15) is 98.5 Å². The Hall–Kier alpha value is -5.23. The molecule has 2 saturated heterocycles. The van der Waals surface area contributed by atoms with E-state index in [1.165, 1.54) is 0 Å². The SMILES string of the molecule is CC(C)(C)OC(=O)N1CCC(OS(C)(=O)=O)CC1.CCOC(=O)Cc1[nH]nc2ccccc12.CCOC(=O)Cc1nn(C2CCN(C(=O)OC(C)(C)C)CC2)c2ccccc12. The Kier molecular flexibility index (Phi) is 17.1. The van der Waals surface area contributed by atoms with Crippen LogP contribution in [0.2, 0.25) is 0 Å². The monoisotopic (exact) mass is 870 g/mol. The number of carbonyl (C=O) groups excluding carboxylic acids is 4. The Morgan fingerprint density at radius 2 is 1.21 bits per heavy atom. The fourth-order valence-electron chi connectivity index (χ4n) is 6.75. The number of aromatic amines is 1. The lowest BCUT2D eigenvalue weighted by molar-refractivity contribution is -0.143. The molecule has 0 radical (unpaired) electrons. The molecule has 0 spiro atoms. The number of ether oxygens (including phenoxy) is 4. The molecule has 2 aromatic heterocycles. The Bertz CT molecular complexity index is 2190. The molecule has 2 fully saturated rings. The zero-order chi connectivity index (χ0) is 45.0. The van der Waals surface area contributed by atoms with Gasteiger partial charge in [0.15, 0.2) is 0 Å². The number of piperidine rings is 2. The van der Waals surface area contributed by atoms with Crippen LogP contribution in [0.4, 0.5) is 9.59 Å². The summed E-state index contributed by atoms with van der Waals surface area (Å²) < 4.78 is 49.5. The summed E-state index contributed by atoms with van der Waals surface area (Å²) in [6.45, 7) is 17.6. The number of hydrogen-bond acceptors (Lipinski definition) is 13.